The minimum Gasteiger partial charge on any atom is -0.377 e. The molecule has 1 heterocycles. The number of ketones is 1. The molecule has 0 saturated carbocycles. The molecule has 1 N–H and O–H groups in total. The van der Waals surface area contributed by atoms with Crippen molar-refractivity contribution in [2.75, 3.05) is 19.5 Å². The predicted octanol–water partition coefficient (Wildman–Crippen LogP) is -0.101. The van der Waals surface area contributed by atoms with Crippen molar-refractivity contribution in [2.45, 2.75) is 18.6 Å². The van der Waals surface area contributed by atoms with Gasteiger partial charge in [0.25, 0.3) is 0 Å². The molecule has 7 heteroatoms. The normalized spacial score (nSPS) is 10.5. The number of hydrogen-bond donors (Lipinski definition) is 1. The SMILES string of the molecule is CCn1c(SCC(=O)COC)n[nH]c1=O. The van der Waals surface area contributed by atoms with Crippen LogP contribution in [-0.4, -0.2) is 40.0 Å². The van der Waals surface area contributed by atoms with Gasteiger partial charge in [0.2, 0.25) is 0 Å². The first kappa shape index (κ1) is 12.0. The van der Waals surface area contributed by atoms with E-state index in [-0.39, 0.29) is 23.8 Å². The number of H-pyrrole nitrogens is 1. The number of aromatic amines is 1. The molecule has 15 heavy (non-hydrogen) atoms. The lowest BCUT2D eigenvalue weighted by atomic mass is 10.5. The lowest BCUT2D eigenvalue weighted by molar-refractivity contribution is -0.120. The molecule has 0 spiro atoms. The average molecular weight is 231 g/mol. The van der Waals surface area contributed by atoms with Crippen molar-refractivity contribution in [3.05, 3.63) is 10.5 Å². The third-order valence-corrected chi connectivity index (χ3v) is 2.74. The highest BCUT2D eigenvalue weighted by Crippen LogP contribution is 2.12. The maximum Gasteiger partial charge on any atom is 0.343 e. The first-order valence-corrected chi connectivity index (χ1v) is 5.46. The molecule has 0 aliphatic heterocycles. The Kier molecular flexibility index (Phi) is 4.57. The van der Waals surface area contributed by atoms with Crippen LogP contribution in [0.2, 0.25) is 0 Å². The Labute approximate surface area is 91.0 Å². The fraction of sp³-hybridized carbons (Fsp3) is 0.625. The monoisotopic (exact) mass is 231 g/mol. The lowest BCUT2D eigenvalue weighted by Gasteiger charge is -2.00. The van der Waals surface area contributed by atoms with E-state index in [4.69, 9.17) is 4.74 Å². The Morgan fingerprint density at radius 3 is 3.00 bits per heavy atom. The van der Waals surface area contributed by atoms with Crippen molar-refractivity contribution >= 4 is 17.5 Å². The number of rotatable bonds is 6. The van der Waals surface area contributed by atoms with E-state index in [1.165, 1.54) is 23.4 Å². The standard InChI is InChI=1S/C8H13N3O3S/c1-3-11-7(13)9-10-8(11)15-5-6(12)4-14-2/h3-5H2,1-2H3,(H,9,13). The van der Waals surface area contributed by atoms with Crippen LogP contribution in [0.3, 0.4) is 0 Å². The number of carbonyl (C=O) groups excluding carboxylic acids is 1. The van der Waals surface area contributed by atoms with E-state index in [9.17, 15) is 9.59 Å². The number of Topliss-reactive ketones (excluding diaryl/α,β-unsaturated/α-hetero) is 1. The molecule has 1 rings (SSSR count). The van der Waals surface area contributed by atoms with Gasteiger partial charge in [-0.15, -0.1) is 5.10 Å². The van der Waals surface area contributed by atoms with Gasteiger partial charge in [0.1, 0.15) is 6.61 Å². The number of nitrogens with one attached hydrogen (secondary N) is 1. The lowest BCUT2D eigenvalue weighted by Crippen LogP contribution is -2.16. The Balaban J connectivity index is 2.57. The third-order valence-electron chi connectivity index (χ3n) is 1.71. The number of methoxy groups -OCH3 is 1. The van der Waals surface area contributed by atoms with Crippen LogP contribution in [0, 0.1) is 0 Å². The molecule has 0 radical (unpaired) electrons. The first-order valence-electron chi connectivity index (χ1n) is 4.47. The zero-order valence-corrected chi connectivity index (χ0v) is 9.47. The summed E-state index contributed by atoms with van der Waals surface area (Å²) in [6.45, 7) is 2.47. The highest BCUT2D eigenvalue weighted by Gasteiger charge is 2.09. The van der Waals surface area contributed by atoms with Gasteiger partial charge in [-0.3, -0.25) is 9.36 Å². The molecule has 6 nitrogen and oxygen atoms in total. The van der Waals surface area contributed by atoms with Gasteiger partial charge in [0.15, 0.2) is 10.9 Å². The minimum atomic E-state index is -0.251. The van der Waals surface area contributed by atoms with E-state index in [2.05, 4.69) is 10.2 Å². The van der Waals surface area contributed by atoms with E-state index in [0.717, 1.165) is 0 Å². The fourth-order valence-corrected chi connectivity index (χ4v) is 1.89. The molecule has 0 aliphatic rings. The van der Waals surface area contributed by atoms with Crippen molar-refractivity contribution in [3.8, 4) is 0 Å². The summed E-state index contributed by atoms with van der Waals surface area (Å²) >= 11 is 1.23. The van der Waals surface area contributed by atoms with Crippen LogP contribution in [0.1, 0.15) is 6.92 Å². The quantitative estimate of drug-likeness (QED) is 0.692. The van der Waals surface area contributed by atoms with Gasteiger partial charge < -0.3 is 4.74 Å². The van der Waals surface area contributed by atoms with Crippen molar-refractivity contribution in [1.29, 1.82) is 0 Å². The molecule has 0 atom stereocenters. The van der Waals surface area contributed by atoms with Gasteiger partial charge in [-0.05, 0) is 6.92 Å². The second kappa shape index (κ2) is 5.72. The maximum atomic E-state index is 11.2. The summed E-state index contributed by atoms with van der Waals surface area (Å²) in [6, 6.07) is 0. The smallest absolute Gasteiger partial charge is 0.343 e. The second-order valence-corrected chi connectivity index (χ2v) is 3.76. The number of nitrogens with zero attached hydrogens (tertiary/aromatic N) is 2. The Morgan fingerprint density at radius 1 is 1.67 bits per heavy atom. The number of hydrogen-bond acceptors (Lipinski definition) is 5. The second-order valence-electron chi connectivity index (χ2n) is 2.82. The number of carbonyl (C=O) groups is 1. The first-order chi connectivity index (χ1) is 7.19. The number of aromatic nitrogens is 3. The highest BCUT2D eigenvalue weighted by atomic mass is 32.2. The largest absolute Gasteiger partial charge is 0.377 e. The average Bonchev–Trinajstić information content (AvgIpc) is 2.56. The molecule has 0 aliphatic carbocycles. The summed E-state index contributed by atoms with van der Waals surface area (Å²) in [6.07, 6.45) is 0. The number of ether oxygens (including phenoxy) is 1. The van der Waals surface area contributed by atoms with Crippen molar-refractivity contribution in [2.24, 2.45) is 0 Å². The third kappa shape index (κ3) is 3.21. The fourth-order valence-electron chi connectivity index (χ4n) is 1.04. The summed E-state index contributed by atoms with van der Waals surface area (Å²) in [5.74, 6) is 0.235. The molecule has 0 bridgehead atoms. The van der Waals surface area contributed by atoms with E-state index in [0.29, 0.717) is 11.7 Å². The van der Waals surface area contributed by atoms with Crippen LogP contribution in [0.25, 0.3) is 0 Å². The maximum absolute atomic E-state index is 11.2. The van der Waals surface area contributed by atoms with Crippen LogP contribution >= 0.6 is 11.8 Å². The van der Waals surface area contributed by atoms with Gasteiger partial charge in [0, 0.05) is 13.7 Å². The van der Waals surface area contributed by atoms with Crippen molar-refractivity contribution < 1.29 is 9.53 Å². The predicted molar refractivity (Wildman–Crippen MR) is 56.1 cm³/mol. The molecule has 1 aromatic rings. The van der Waals surface area contributed by atoms with E-state index >= 15 is 0 Å². The minimum absolute atomic E-state index is 0.0272. The zero-order valence-electron chi connectivity index (χ0n) is 8.65. The zero-order chi connectivity index (χ0) is 11.3. The van der Waals surface area contributed by atoms with E-state index < -0.39 is 0 Å². The molecule has 1 aromatic heterocycles. The van der Waals surface area contributed by atoms with Crippen LogP contribution in [-0.2, 0) is 16.1 Å². The van der Waals surface area contributed by atoms with Crippen molar-refractivity contribution in [3.63, 3.8) is 0 Å². The molecule has 84 valence electrons. The summed E-state index contributed by atoms with van der Waals surface area (Å²) in [5, 5.41) is 6.69. The van der Waals surface area contributed by atoms with Crippen molar-refractivity contribution in [1.82, 2.24) is 14.8 Å². The summed E-state index contributed by atoms with van der Waals surface area (Å²) in [4.78, 5) is 22.3. The Bertz CT molecular complexity index is 385. The summed E-state index contributed by atoms with van der Waals surface area (Å²) in [5.41, 5.74) is -0.251. The molecule has 0 aromatic carbocycles. The van der Waals surface area contributed by atoms with Gasteiger partial charge in [0.05, 0.1) is 5.75 Å². The molecular weight excluding hydrogens is 218 g/mol. The molecular formula is C8H13N3O3S. The topological polar surface area (TPSA) is 77.0 Å². The van der Waals surface area contributed by atoms with Crippen LogP contribution < -0.4 is 5.69 Å². The van der Waals surface area contributed by atoms with Crippen LogP contribution in [0.5, 0.6) is 0 Å². The highest BCUT2D eigenvalue weighted by molar-refractivity contribution is 7.99. The Hall–Kier alpha value is -1.08. The molecule has 0 unspecified atom stereocenters. The molecule has 0 fully saturated rings. The van der Waals surface area contributed by atoms with Gasteiger partial charge in [-0.1, -0.05) is 11.8 Å². The van der Waals surface area contributed by atoms with Crippen LogP contribution in [0.4, 0.5) is 0 Å². The van der Waals surface area contributed by atoms with Crippen LogP contribution in [0.15, 0.2) is 9.95 Å². The van der Waals surface area contributed by atoms with E-state index in [1.807, 2.05) is 6.92 Å². The van der Waals surface area contributed by atoms with E-state index in [1.54, 1.807) is 0 Å². The summed E-state index contributed by atoms with van der Waals surface area (Å²) < 4.78 is 6.17. The summed E-state index contributed by atoms with van der Waals surface area (Å²) in [7, 11) is 1.47. The molecule has 0 saturated heterocycles. The van der Waals surface area contributed by atoms with Gasteiger partial charge in [-0.2, -0.15) is 0 Å². The molecule has 0 amide bonds. The number of thioether (sulfide) groups is 1. The van der Waals surface area contributed by atoms with Gasteiger partial charge in [-0.25, -0.2) is 9.89 Å². The van der Waals surface area contributed by atoms with Gasteiger partial charge >= 0.3 is 5.69 Å². The Morgan fingerprint density at radius 2 is 2.40 bits per heavy atom.